The number of amides is 1. The lowest BCUT2D eigenvalue weighted by molar-refractivity contribution is -0.137. The van der Waals surface area contributed by atoms with Crippen molar-refractivity contribution in [2.24, 2.45) is 0 Å². The number of hydrogen-bond donors (Lipinski definition) is 1. The zero-order chi connectivity index (χ0) is 17.6. The van der Waals surface area contributed by atoms with Crippen molar-refractivity contribution in [1.82, 2.24) is 10.2 Å². The van der Waals surface area contributed by atoms with Crippen molar-refractivity contribution in [2.75, 3.05) is 26.8 Å². The summed E-state index contributed by atoms with van der Waals surface area (Å²) >= 11 is 0. The molecule has 1 amide bonds. The molecule has 134 valence electrons. The first-order valence-electron chi connectivity index (χ1n) is 8.07. The number of hydrogen-bond acceptors (Lipinski definition) is 3. The molecule has 1 fully saturated rings. The molecule has 0 bridgehead atoms. The third-order valence-electron chi connectivity index (χ3n) is 4.22. The summed E-state index contributed by atoms with van der Waals surface area (Å²) in [5.41, 5.74) is 0.0495. The van der Waals surface area contributed by atoms with Crippen LogP contribution in [0.2, 0.25) is 0 Å². The molecular weight excluding hydrogens is 321 g/mol. The van der Waals surface area contributed by atoms with E-state index in [1.165, 1.54) is 12.1 Å². The fourth-order valence-electron chi connectivity index (χ4n) is 2.87. The Morgan fingerprint density at radius 1 is 1.25 bits per heavy atom. The Balaban J connectivity index is 1.89. The lowest BCUT2D eigenvalue weighted by Gasteiger charge is -2.25. The summed E-state index contributed by atoms with van der Waals surface area (Å²) in [4.78, 5) is 13.8. The average molecular weight is 344 g/mol. The van der Waals surface area contributed by atoms with Gasteiger partial charge in [-0.1, -0.05) is 12.1 Å². The van der Waals surface area contributed by atoms with Crippen LogP contribution in [0.3, 0.4) is 0 Å². The van der Waals surface area contributed by atoms with Crippen LogP contribution in [0.25, 0.3) is 0 Å². The molecule has 1 saturated heterocycles. The second-order valence-corrected chi connectivity index (χ2v) is 5.94. The standard InChI is InChI=1S/C17H23F3N2O2/c1-24-11-10-21-9-8-15-6-7-16(23)22(15)12-13-2-4-14(5-3-13)17(18,19)20/h2-5,15,21H,6-12H2,1H3. The summed E-state index contributed by atoms with van der Waals surface area (Å²) in [5, 5.41) is 3.25. The molecule has 1 aliphatic heterocycles. The molecular formula is C17H23F3N2O2. The largest absolute Gasteiger partial charge is 0.416 e. The monoisotopic (exact) mass is 344 g/mol. The number of benzene rings is 1. The van der Waals surface area contributed by atoms with E-state index in [0.717, 1.165) is 43.6 Å². The summed E-state index contributed by atoms with van der Waals surface area (Å²) in [7, 11) is 1.64. The van der Waals surface area contributed by atoms with Crippen molar-refractivity contribution in [2.45, 2.75) is 38.0 Å². The lowest BCUT2D eigenvalue weighted by atomic mass is 10.1. The predicted molar refractivity (Wildman–Crippen MR) is 84.4 cm³/mol. The van der Waals surface area contributed by atoms with Crippen LogP contribution in [0.4, 0.5) is 13.2 Å². The quantitative estimate of drug-likeness (QED) is 0.738. The molecule has 24 heavy (non-hydrogen) atoms. The molecule has 0 aromatic heterocycles. The molecule has 1 aliphatic rings. The Hall–Kier alpha value is -1.60. The second kappa shape index (κ2) is 8.48. The van der Waals surface area contributed by atoms with Crippen molar-refractivity contribution in [1.29, 1.82) is 0 Å². The lowest BCUT2D eigenvalue weighted by Crippen LogP contribution is -2.35. The molecule has 0 radical (unpaired) electrons. The van der Waals surface area contributed by atoms with Gasteiger partial charge in [-0.3, -0.25) is 4.79 Å². The number of carbonyl (C=O) groups is 1. The molecule has 1 unspecified atom stereocenters. The van der Waals surface area contributed by atoms with Gasteiger partial charge in [-0.25, -0.2) is 0 Å². The molecule has 1 N–H and O–H groups in total. The third kappa shape index (κ3) is 5.21. The maximum Gasteiger partial charge on any atom is 0.416 e. The zero-order valence-electron chi connectivity index (χ0n) is 13.7. The predicted octanol–water partition coefficient (Wildman–Crippen LogP) is 2.82. The molecule has 0 aliphatic carbocycles. The van der Waals surface area contributed by atoms with Crippen LogP contribution in [-0.2, 0) is 22.3 Å². The van der Waals surface area contributed by atoms with Crippen molar-refractivity contribution in [3.63, 3.8) is 0 Å². The van der Waals surface area contributed by atoms with Crippen LogP contribution in [0, 0.1) is 0 Å². The van der Waals surface area contributed by atoms with Gasteiger partial charge in [-0.2, -0.15) is 13.2 Å². The number of alkyl halides is 3. The normalized spacial score (nSPS) is 18.4. The van der Waals surface area contributed by atoms with E-state index >= 15 is 0 Å². The Morgan fingerprint density at radius 3 is 2.58 bits per heavy atom. The van der Waals surface area contributed by atoms with Crippen LogP contribution in [-0.4, -0.2) is 43.7 Å². The van der Waals surface area contributed by atoms with Crippen LogP contribution < -0.4 is 5.32 Å². The first-order valence-corrected chi connectivity index (χ1v) is 8.07. The summed E-state index contributed by atoms with van der Waals surface area (Å²) in [6.45, 7) is 2.54. The summed E-state index contributed by atoms with van der Waals surface area (Å²) in [6.07, 6.45) is -2.21. The first kappa shape index (κ1) is 18.7. The van der Waals surface area contributed by atoms with Gasteiger partial charge in [0, 0.05) is 32.7 Å². The minimum atomic E-state index is -4.33. The molecule has 1 aromatic carbocycles. The molecule has 0 spiro atoms. The van der Waals surface area contributed by atoms with E-state index in [-0.39, 0.29) is 11.9 Å². The van der Waals surface area contributed by atoms with Gasteiger partial charge < -0.3 is 15.0 Å². The van der Waals surface area contributed by atoms with E-state index in [9.17, 15) is 18.0 Å². The topological polar surface area (TPSA) is 41.6 Å². The average Bonchev–Trinajstić information content (AvgIpc) is 2.87. The van der Waals surface area contributed by atoms with E-state index in [2.05, 4.69) is 5.32 Å². The minimum absolute atomic E-state index is 0.0665. The van der Waals surface area contributed by atoms with Crippen molar-refractivity contribution < 1.29 is 22.7 Å². The molecule has 1 atom stereocenters. The van der Waals surface area contributed by atoms with E-state index in [4.69, 9.17) is 4.74 Å². The van der Waals surface area contributed by atoms with E-state index in [1.807, 2.05) is 0 Å². The molecule has 1 aromatic rings. The highest BCUT2D eigenvalue weighted by Gasteiger charge is 2.32. The van der Waals surface area contributed by atoms with Crippen molar-refractivity contribution in [3.05, 3.63) is 35.4 Å². The van der Waals surface area contributed by atoms with E-state index in [1.54, 1.807) is 12.0 Å². The number of likely N-dealkylation sites (tertiary alicyclic amines) is 1. The Kier molecular flexibility index (Phi) is 6.62. The molecule has 2 rings (SSSR count). The van der Waals surface area contributed by atoms with Gasteiger partial charge in [-0.15, -0.1) is 0 Å². The number of ether oxygens (including phenoxy) is 1. The van der Waals surface area contributed by atoms with Crippen molar-refractivity contribution in [3.8, 4) is 0 Å². The zero-order valence-corrected chi connectivity index (χ0v) is 13.7. The number of methoxy groups -OCH3 is 1. The van der Waals surface area contributed by atoms with Crippen LogP contribution >= 0.6 is 0 Å². The number of carbonyl (C=O) groups excluding carboxylic acids is 1. The number of halogens is 3. The highest BCUT2D eigenvalue weighted by molar-refractivity contribution is 5.78. The Labute approximate surface area is 140 Å². The highest BCUT2D eigenvalue weighted by atomic mass is 19.4. The van der Waals surface area contributed by atoms with Crippen LogP contribution in [0.1, 0.15) is 30.4 Å². The van der Waals surface area contributed by atoms with Gasteiger partial charge >= 0.3 is 6.18 Å². The van der Waals surface area contributed by atoms with Gasteiger partial charge in [0.05, 0.1) is 12.2 Å². The van der Waals surface area contributed by atoms with Crippen molar-refractivity contribution >= 4 is 5.91 Å². The number of nitrogens with one attached hydrogen (secondary N) is 1. The van der Waals surface area contributed by atoms with Gasteiger partial charge in [0.2, 0.25) is 5.91 Å². The van der Waals surface area contributed by atoms with Crippen LogP contribution in [0.15, 0.2) is 24.3 Å². The summed E-state index contributed by atoms with van der Waals surface area (Å²) in [6, 6.07) is 5.16. The van der Waals surface area contributed by atoms with Gasteiger partial charge in [0.25, 0.3) is 0 Å². The van der Waals surface area contributed by atoms with E-state index in [0.29, 0.717) is 19.6 Å². The maximum absolute atomic E-state index is 12.6. The maximum atomic E-state index is 12.6. The minimum Gasteiger partial charge on any atom is -0.383 e. The van der Waals surface area contributed by atoms with Gasteiger partial charge in [-0.05, 0) is 37.1 Å². The Morgan fingerprint density at radius 2 is 1.96 bits per heavy atom. The second-order valence-electron chi connectivity index (χ2n) is 5.94. The molecule has 4 nitrogen and oxygen atoms in total. The fraction of sp³-hybridized carbons (Fsp3) is 0.588. The number of nitrogens with zero attached hydrogens (tertiary/aromatic N) is 1. The smallest absolute Gasteiger partial charge is 0.383 e. The van der Waals surface area contributed by atoms with Gasteiger partial charge in [0.15, 0.2) is 0 Å². The Bertz CT molecular complexity index is 532. The van der Waals surface area contributed by atoms with E-state index < -0.39 is 11.7 Å². The molecule has 0 saturated carbocycles. The highest BCUT2D eigenvalue weighted by Crippen LogP contribution is 2.30. The first-order chi connectivity index (χ1) is 11.4. The molecule has 1 heterocycles. The van der Waals surface area contributed by atoms with Gasteiger partial charge in [0.1, 0.15) is 0 Å². The summed E-state index contributed by atoms with van der Waals surface area (Å²) in [5.74, 6) is 0.0665. The van der Waals surface area contributed by atoms with Crippen LogP contribution in [0.5, 0.6) is 0 Å². The SMILES string of the molecule is COCCNCCC1CCC(=O)N1Cc1ccc(C(F)(F)F)cc1. The summed E-state index contributed by atoms with van der Waals surface area (Å²) < 4.78 is 42.7. The third-order valence-corrected chi connectivity index (χ3v) is 4.22. The number of rotatable bonds is 8. The molecule has 7 heteroatoms. The fourth-order valence-corrected chi connectivity index (χ4v) is 2.87.